The lowest BCUT2D eigenvalue weighted by Gasteiger charge is -2.23. The molecule has 0 spiro atoms. The van der Waals surface area contributed by atoms with Crippen molar-refractivity contribution in [2.24, 2.45) is 0 Å². The normalized spacial score (nSPS) is 13.9. The molecule has 1 aromatic heterocycles. The highest BCUT2D eigenvalue weighted by molar-refractivity contribution is 5.68. The van der Waals surface area contributed by atoms with Crippen molar-refractivity contribution in [3.63, 3.8) is 0 Å². The number of hydrogen-bond acceptors (Lipinski definition) is 4. The van der Waals surface area contributed by atoms with Crippen LogP contribution in [0.4, 0.5) is 11.5 Å². The van der Waals surface area contributed by atoms with E-state index in [1.165, 1.54) is 0 Å². The van der Waals surface area contributed by atoms with Crippen LogP contribution in [0.3, 0.4) is 0 Å². The van der Waals surface area contributed by atoms with Crippen LogP contribution < -0.4 is 9.64 Å². The second kappa shape index (κ2) is 5.22. The Hall–Kier alpha value is -2.54. The van der Waals surface area contributed by atoms with Crippen LogP contribution in [0, 0.1) is 18.3 Å². The molecule has 100 valence electrons. The van der Waals surface area contributed by atoms with Crippen LogP contribution in [-0.4, -0.2) is 18.1 Å². The average molecular weight is 265 g/mol. The van der Waals surface area contributed by atoms with E-state index in [0.29, 0.717) is 12.2 Å². The molecular formula is C16H15N3O. The number of ether oxygens (including phenoxy) is 1. The second-order valence-corrected chi connectivity index (χ2v) is 4.79. The van der Waals surface area contributed by atoms with E-state index in [4.69, 9.17) is 10.00 Å². The van der Waals surface area contributed by atoms with Gasteiger partial charge in [0, 0.05) is 12.2 Å². The zero-order valence-electron chi connectivity index (χ0n) is 11.3. The molecule has 0 fully saturated rings. The number of anilines is 2. The Bertz CT molecular complexity index is 676. The number of benzene rings is 1. The summed E-state index contributed by atoms with van der Waals surface area (Å²) >= 11 is 0. The fourth-order valence-electron chi connectivity index (χ4n) is 2.42. The SMILES string of the molecule is Cc1cc(C#N)cc(N2CCCOc3ccccc32)n1. The summed E-state index contributed by atoms with van der Waals surface area (Å²) in [5.74, 6) is 1.67. The van der Waals surface area contributed by atoms with Gasteiger partial charge in [0.1, 0.15) is 11.6 Å². The van der Waals surface area contributed by atoms with E-state index in [1.807, 2.05) is 37.3 Å². The van der Waals surface area contributed by atoms with Crippen molar-refractivity contribution in [3.8, 4) is 11.8 Å². The quantitative estimate of drug-likeness (QED) is 0.794. The predicted molar refractivity (Wildman–Crippen MR) is 77.2 cm³/mol. The molecule has 0 unspecified atom stereocenters. The van der Waals surface area contributed by atoms with Gasteiger partial charge in [0.15, 0.2) is 0 Å². The molecule has 0 amide bonds. The van der Waals surface area contributed by atoms with Gasteiger partial charge in [-0.3, -0.25) is 0 Å². The maximum atomic E-state index is 9.11. The highest BCUT2D eigenvalue weighted by Crippen LogP contribution is 2.35. The van der Waals surface area contributed by atoms with E-state index >= 15 is 0 Å². The molecule has 0 saturated heterocycles. The largest absolute Gasteiger partial charge is 0.491 e. The zero-order chi connectivity index (χ0) is 13.9. The van der Waals surface area contributed by atoms with E-state index < -0.39 is 0 Å². The number of fused-ring (bicyclic) bond motifs is 1. The monoisotopic (exact) mass is 265 g/mol. The standard InChI is InChI=1S/C16H15N3O/c1-12-9-13(11-17)10-16(18-12)19-7-4-8-20-15-6-3-2-5-14(15)19/h2-3,5-6,9-10H,4,7-8H2,1H3. The first-order valence-corrected chi connectivity index (χ1v) is 6.66. The van der Waals surface area contributed by atoms with E-state index in [0.717, 1.165) is 35.9 Å². The van der Waals surface area contributed by atoms with Crippen LogP contribution in [0.1, 0.15) is 17.7 Å². The molecule has 0 atom stereocenters. The number of pyridine rings is 1. The molecule has 1 aliphatic rings. The molecule has 0 radical (unpaired) electrons. The summed E-state index contributed by atoms with van der Waals surface area (Å²) in [6.45, 7) is 3.44. The van der Waals surface area contributed by atoms with Crippen molar-refractivity contribution in [2.75, 3.05) is 18.1 Å². The molecule has 1 aliphatic heterocycles. The van der Waals surface area contributed by atoms with Crippen molar-refractivity contribution in [2.45, 2.75) is 13.3 Å². The Kier molecular flexibility index (Phi) is 3.26. The number of rotatable bonds is 1. The fourth-order valence-corrected chi connectivity index (χ4v) is 2.42. The van der Waals surface area contributed by atoms with E-state index in [2.05, 4.69) is 16.0 Å². The maximum absolute atomic E-state index is 9.11. The summed E-state index contributed by atoms with van der Waals surface area (Å²) < 4.78 is 5.75. The smallest absolute Gasteiger partial charge is 0.142 e. The minimum atomic E-state index is 0.634. The summed E-state index contributed by atoms with van der Waals surface area (Å²) in [5.41, 5.74) is 2.49. The Morgan fingerprint density at radius 2 is 2.15 bits per heavy atom. The molecule has 0 N–H and O–H groups in total. The van der Waals surface area contributed by atoms with Crippen LogP contribution >= 0.6 is 0 Å². The molecular weight excluding hydrogens is 250 g/mol. The van der Waals surface area contributed by atoms with Crippen molar-refractivity contribution in [1.82, 2.24) is 4.98 Å². The topological polar surface area (TPSA) is 49.2 Å². The Balaban J connectivity index is 2.10. The lowest BCUT2D eigenvalue weighted by molar-refractivity contribution is 0.322. The number of aryl methyl sites for hydroxylation is 1. The minimum Gasteiger partial charge on any atom is -0.491 e. The van der Waals surface area contributed by atoms with Crippen LogP contribution in [0.2, 0.25) is 0 Å². The maximum Gasteiger partial charge on any atom is 0.142 e. The lowest BCUT2D eigenvalue weighted by Crippen LogP contribution is -2.19. The third-order valence-corrected chi connectivity index (χ3v) is 3.29. The predicted octanol–water partition coefficient (Wildman–Crippen LogP) is 3.18. The van der Waals surface area contributed by atoms with E-state index in [1.54, 1.807) is 6.07 Å². The van der Waals surface area contributed by atoms with Crippen molar-refractivity contribution in [3.05, 3.63) is 47.7 Å². The van der Waals surface area contributed by atoms with Gasteiger partial charge < -0.3 is 9.64 Å². The van der Waals surface area contributed by atoms with Crippen LogP contribution in [0.15, 0.2) is 36.4 Å². The van der Waals surface area contributed by atoms with Crippen molar-refractivity contribution < 1.29 is 4.74 Å². The number of nitrogens with zero attached hydrogens (tertiary/aromatic N) is 3. The van der Waals surface area contributed by atoms with E-state index in [-0.39, 0.29) is 0 Å². The summed E-state index contributed by atoms with van der Waals surface area (Å²) in [6, 6.07) is 13.8. The van der Waals surface area contributed by atoms with Crippen LogP contribution in [0.5, 0.6) is 5.75 Å². The molecule has 2 heterocycles. The van der Waals surface area contributed by atoms with Gasteiger partial charge in [-0.2, -0.15) is 5.26 Å². The first-order valence-electron chi connectivity index (χ1n) is 6.66. The first kappa shape index (κ1) is 12.5. The van der Waals surface area contributed by atoms with Gasteiger partial charge in [0.2, 0.25) is 0 Å². The molecule has 0 aliphatic carbocycles. The molecule has 4 nitrogen and oxygen atoms in total. The van der Waals surface area contributed by atoms with Crippen molar-refractivity contribution in [1.29, 1.82) is 5.26 Å². The Morgan fingerprint density at radius 1 is 1.30 bits per heavy atom. The van der Waals surface area contributed by atoms with E-state index in [9.17, 15) is 0 Å². The molecule has 3 rings (SSSR count). The highest BCUT2D eigenvalue weighted by Gasteiger charge is 2.18. The summed E-state index contributed by atoms with van der Waals surface area (Å²) in [4.78, 5) is 6.69. The number of aromatic nitrogens is 1. The average Bonchev–Trinajstić information content (AvgIpc) is 2.69. The molecule has 0 bridgehead atoms. The van der Waals surface area contributed by atoms with Crippen LogP contribution in [-0.2, 0) is 0 Å². The van der Waals surface area contributed by atoms with Crippen molar-refractivity contribution >= 4 is 11.5 Å². The van der Waals surface area contributed by atoms with Gasteiger partial charge in [0.05, 0.1) is 23.9 Å². The van der Waals surface area contributed by atoms with Gasteiger partial charge >= 0.3 is 0 Å². The summed E-state index contributed by atoms with van der Waals surface area (Å²) in [7, 11) is 0. The number of hydrogen-bond donors (Lipinski definition) is 0. The summed E-state index contributed by atoms with van der Waals surface area (Å²) in [5, 5.41) is 9.11. The molecule has 2 aromatic rings. The molecule has 0 saturated carbocycles. The first-order chi connectivity index (χ1) is 9.78. The Morgan fingerprint density at radius 3 is 3.00 bits per heavy atom. The lowest BCUT2D eigenvalue weighted by atomic mass is 10.2. The third-order valence-electron chi connectivity index (χ3n) is 3.29. The second-order valence-electron chi connectivity index (χ2n) is 4.79. The number of nitriles is 1. The highest BCUT2D eigenvalue weighted by atomic mass is 16.5. The van der Waals surface area contributed by atoms with Gasteiger partial charge in [-0.25, -0.2) is 4.98 Å². The fraction of sp³-hybridized carbons (Fsp3) is 0.250. The van der Waals surface area contributed by atoms with Crippen LogP contribution in [0.25, 0.3) is 0 Å². The Labute approximate surface area is 118 Å². The van der Waals surface area contributed by atoms with Gasteiger partial charge in [-0.05, 0) is 37.6 Å². The molecule has 20 heavy (non-hydrogen) atoms. The van der Waals surface area contributed by atoms with Gasteiger partial charge in [-0.15, -0.1) is 0 Å². The van der Waals surface area contributed by atoms with Gasteiger partial charge in [0.25, 0.3) is 0 Å². The number of para-hydroxylation sites is 2. The molecule has 1 aromatic carbocycles. The third kappa shape index (κ3) is 2.30. The molecule has 4 heteroatoms. The van der Waals surface area contributed by atoms with Gasteiger partial charge in [-0.1, -0.05) is 12.1 Å². The zero-order valence-corrected chi connectivity index (χ0v) is 11.3. The minimum absolute atomic E-state index is 0.634. The summed E-state index contributed by atoms with van der Waals surface area (Å²) in [6.07, 6.45) is 0.923.